The number of hydrogen-bond acceptors (Lipinski definition) is 0. The number of allylic oxidation sites excluding steroid dienone is 2. The van der Waals surface area contributed by atoms with Crippen molar-refractivity contribution in [3.63, 3.8) is 0 Å². The number of halogens is 1. The second-order valence-corrected chi connectivity index (χ2v) is 7.24. The second-order valence-electron chi connectivity index (χ2n) is 7.24. The molecule has 1 saturated carbocycles. The smallest absolute Gasteiger partial charge is 0.134 e. The largest absolute Gasteiger partial charge is 0.206 e. The quantitative estimate of drug-likeness (QED) is 0.511. The van der Waals surface area contributed by atoms with Gasteiger partial charge >= 0.3 is 0 Å². The van der Waals surface area contributed by atoms with Crippen LogP contribution < -0.4 is 0 Å². The first-order valence-electron chi connectivity index (χ1n) is 9.55. The lowest BCUT2D eigenvalue weighted by Crippen LogP contribution is -2.13. The summed E-state index contributed by atoms with van der Waals surface area (Å²) in [6, 6.07) is 10.4. The number of fused-ring (bicyclic) bond motifs is 1. The predicted octanol–water partition coefficient (Wildman–Crippen LogP) is 7.17. The minimum atomic E-state index is -0.0331. The van der Waals surface area contributed by atoms with Crippen molar-refractivity contribution in [3.05, 3.63) is 59.4 Å². The molecule has 1 aliphatic rings. The molecule has 0 aliphatic heterocycles. The number of benzene rings is 2. The molecule has 1 aliphatic carbocycles. The molecule has 0 nitrogen and oxygen atoms in total. The summed E-state index contributed by atoms with van der Waals surface area (Å²) < 4.78 is 14.4. The first-order valence-corrected chi connectivity index (χ1v) is 9.55. The minimum absolute atomic E-state index is 0.0331. The molecular formula is C23H29F. The Kier molecular flexibility index (Phi) is 5.71. The Labute approximate surface area is 145 Å². The first kappa shape index (κ1) is 17.2. The van der Waals surface area contributed by atoms with Crippen LogP contribution in [0.5, 0.6) is 0 Å². The zero-order chi connectivity index (χ0) is 16.9. The summed E-state index contributed by atoms with van der Waals surface area (Å²) >= 11 is 0. The molecule has 2 aromatic rings. The molecule has 1 fully saturated rings. The molecule has 24 heavy (non-hydrogen) atoms. The van der Waals surface area contributed by atoms with E-state index in [4.69, 9.17) is 0 Å². The van der Waals surface area contributed by atoms with Gasteiger partial charge in [0.2, 0.25) is 0 Å². The van der Waals surface area contributed by atoms with Gasteiger partial charge in [-0.25, -0.2) is 4.39 Å². The van der Waals surface area contributed by atoms with Gasteiger partial charge in [-0.3, -0.25) is 0 Å². The van der Waals surface area contributed by atoms with Gasteiger partial charge in [-0.2, -0.15) is 0 Å². The van der Waals surface area contributed by atoms with Gasteiger partial charge in [0.05, 0.1) is 0 Å². The fourth-order valence-corrected chi connectivity index (χ4v) is 4.17. The maximum atomic E-state index is 14.4. The van der Waals surface area contributed by atoms with Crippen molar-refractivity contribution in [2.75, 3.05) is 0 Å². The predicted molar refractivity (Wildman–Crippen MR) is 102 cm³/mol. The van der Waals surface area contributed by atoms with Gasteiger partial charge in [0, 0.05) is 5.39 Å². The first-order chi connectivity index (χ1) is 11.7. The van der Waals surface area contributed by atoms with Crippen molar-refractivity contribution >= 4 is 10.8 Å². The maximum absolute atomic E-state index is 14.4. The Morgan fingerprint density at radius 1 is 1.08 bits per heavy atom. The third kappa shape index (κ3) is 3.71. The Morgan fingerprint density at radius 2 is 1.88 bits per heavy atom. The van der Waals surface area contributed by atoms with E-state index in [-0.39, 0.29) is 5.82 Å². The molecule has 0 N–H and O–H groups in total. The van der Waals surface area contributed by atoms with Gasteiger partial charge in [0.15, 0.2) is 0 Å². The molecule has 3 rings (SSSR count). The van der Waals surface area contributed by atoms with Crippen molar-refractivity contribution in [2.24, 2.45) is 5.92 Å². The van der Waals surface area contributed by atoms with E-state index in [1.807, 2.05) is 19.1 Å². The van der Waals surface area contributed by atoms with Gasteiger partial charge in [-0.1, -0.05) is 49.4 Å². The average Bonchev–Trinajstić information content (AvgIpc) is 2.63. The van der Waals surface area contributed by atoms with E-state index in [0.717, 1.165) is 28.7 Å². The molecule has 128 valence electrons. The van der Waals surface area contributed by atoms with Crippen LogP contribution in [0.25, 0.3) is 10.8 Å². The molecule has 0 atom stereocenters. The van der Waals surface area contributed by atoms with Crippen molar-refractivity contribution in [2.45, 2.75) is 64.7 Å². The van der Waals surface area contributed by atoms with Crippen molar-refractivity contribution in [1.29, 1.82) is 0 Å². The van der Waals surface area contributed by atoms with Crippen LogP contribution in [0, 0.1) is 11.7 Å². The van der Waals surface area contributed by atoms with E-state index in [1.165, 1.54) is 44.1 Å². The summed E-state index contributed by atoms with van der Waals surface area (Å²) in [6.07, 6.45) is 13.0. The Bertz CT molecular complexity index is 705. The van der Waals surface area contributed by atoms with Crippen LogP contribution >= 0.6 is 0 Å². The van der Waals surface area contributed by atoms with Crippen LogP contribution in [0.2, 0.25) is 0 Å². The summed E-state index contributed by atoms with van der Waals surface area (Å²) in [5.41, 5.74) is 2.22. The average molecular weight is 324 g/mol. The van der Waals surface area contributed by atoms with Gasteiger partial charge in [0.25, 0.3) is 0 Å². The van der Waals surface area contributed by atoms with E-state index in [0.29, 0.717) is 5.92 Å². The molecule has 0 radical (unpaired) electrons. The highest BCUT2D eigenvalue weighted by molar-refractivity contribution is 5.84. The molecule has 0 heterocycles. The summed E-state index contributed by atoms with van der Waals surface area (Å²) in [4.78, 5) is 0. The standard InChI is InChI=1S/C23H29F/c1-3-5-6-7-17-8-10-19(11-9-17)20-14-15-22-21(16-20)13-12-18(4-2)23(22)24/h3,5,12-17,19H,4,6-11H2,1-2H3/b5-3+. The van der Waals surface area contributed by atoms with Crippen LogP contribution in [-0.4, -0.2) is 0 Å². The molecule has 0 spiro atoms. The highest BCUT2D eigenvalue weighted by Gasteiger charge is 2.22. The minimum Gasteiger partial charge on any atom is -0.206 e. The zero-order valence-electron chi connectivity index (χ0n) is 15.0. The summed E-state index contributed by atoms with van der Waals surface area (Å²) in [7, 11) is 0. The van der Waals surface area contributed by atoms with Gasteiger partial charge in [0.1, 0.15) is 5.82 Å². The highest BCUT2D eigenvalue weighted by Crippen LogP contribution is 2.38. The lowest BCUT2D eigenvalue weighted by atomic mass is 9.77. The molecule has 0 saturated heterocycles. The van der Waals surface area contributed by atoms with E-state index >= 15 is 0 Å². The number of rotatable bonds is 5. The van der Waals surface area contributed by atoms with Gasteiger partial charge in [-0.05, 0) is 80.2 Å². The lowest BCUT2D eigenvalue weighted by molar-refractivity contribution is 0.312. The van der Waals surface area contributed by atoms with E-state index in [2.05, 4.69) is 37.3 Å². The van der Waals surface area contributed by atoms with Crippen molar-refractivity contribution in [1.82, 2.24) is 0 Å². The van der Waals surface area contributed by atoms with Crippen LogP contribution in [0.4, 0.5) is 4.39 Å². The highest BCUT2D eigenvalue weighted by atomic mass is 19.1. The van der Waals surface area contributed by atoms with E-state index < -0.39 is 0 Å². The fourth-order valence-electron chi connectivity index (χ4n) is 4.17. The molecule has 0 unspecified atom stereocenters. The summed E-state index contributed by atoms with van der Waals surface area (Å²) in [6.45, 7) is 4.11. The van der Waals surface area contributed by atoms with E-state index in [1.54, 1.807) is 0 Å². The van der Waals surface area contributed by atoms with Crippen LogP contribution in [0.3, 0.4) is 0 Å². The van der Waals surface area contributed by atoms with E-state index in [9.17, 15) is 4.39 Å². The third-order valence-corrected chi connectivity index (χ3v) is 5.73. The van der Waals surface area contributed by atoms with Crippen LogP contribution in [-0.2, 0) is 6.42 Å². The Morgan fingerprint density at radius 3 is 2.58 bits per heavy atom. The van der Waals surface area contributed by atoms with Crippen molar-refractivity contribution < 1.29 is 4.39 Å². The Balaban J connectivity index is 1.70. The monoisotopic (exact) mass is 324 g/mol. The number of hydrogen-bond donors (Lipinski definition) is 0. The molecule has 0 amide bonds. The van der Waals surface area contributed by atoms with Gasteiger partial charge in [-0.15, -0.1) is 0 Å². The summed E-state index contributed by atoms with van der Waals surface area (Å²) in [5, 5.41) is 1.83. The maximum Gasteiger partial charge on any atom is 0.134 e. The molecular weight excluding hydrogens is 295 g/mol. The summed E-state index contributed by atoms with van der Waals surface area (Å²) in [5.74, 6) is 1.51. The topological polar surface area (TPSA) is 0 Å². The van der Waals surface area contributed by atoms with Crippen LogP contribution in [0.1, 0.15) is 69.4 Å². The number of aryl methyl sites for hydroxylation is 1. The molecule has 1 heteroatoms. The fraction of sp³-hybridized carbons (Fsp3) is 0.478. The molecule has 0 aromatic heterocycles. The third-order valence-electron chi connectivity index (χ3n) is 5.73. The lowest BCUT2D eigenvalue weighted by Gasteiger charge is -2.29. The van der Waals surface area contributed by atoms with Crippen molar-refractivity contribution in [3.8, 4) is 0 Å². The SMILES string of the molecule is C/C=C/CCC1CCC(c2ccc3c(F)c(CC)ccc3c2)CC1. The molecule has 2 aromatic carbocycles. The van der Waals surface area contributed by atoms with Crippen LogP contribution in [0.15, 0.2) is 42.5 Å². The normalized spacial score (nSPS) is 21.6. The Hall–Kier alpha value is -1.63. The molecule has 0 bridgehead atoms. The zero-order valence-corrected chi connectivity index (χ0v) is 15.0. The van der Waals surface area contributed by atoms with Gasteiger partial charge < -0.3 is 0 Å². The second kappa shape index (κ2) is 7.96.